The van der Waals surface area contributed by atoms with Crippen molar-refractivity contribution in [2.24, 2.45) is 5.18 Å². The van der Waals surface area contributed by atoms with Crippen molar-refractivity contribution in [1.82, 2.24) is 5.32 Å². The molecule has 0 aromatic heterocycles. The van der Waals surface area contributed by atoms with Crippen LogP contribution in [0, 0.1) is 4.91 Å². The van der Waals surface area contributed by atoms with Gasteiger partial charge in [-0.25, -0.2) is 9.59 Å². The van der Waals surface area contributed by atoms with E-state index in [0.29, 0.717) is 12.1 Å². The molecule has 26 heavy (non-hydrogen) atoms. The molecule has 2 unspecified atom stereocenters. The first-order valence-electron chi connectivity index (χ1n) is 8.15. The highest BCUT2D eigenvalue weighted by Gasteiger charge is 2.22. The Kier molecular flexibility index (Phi) is 6.84. The summed E-state index contributed by atoms with van der Waals surface area (Å²) in [7, 11) is 1.28. The maximum Gasteiger partial charge on any atom is 0.328 e. The molecule has 2 aromatic rings. The number of carbonyl (C=O) groups is 2. The van der Waals surface area contributed by atoms with Gasteiger partial charge in [-0.3, -0.25) is 0 Å². The van der Waals surface area contributed by atoms with Crippen LogP contribution in [-0.4, -0.2) is 25.2 Å². The predicted octanol–water partition coefficient (Wildman–Crippen LogP) is 3.42. The van der Waals surface area contributed by atoms with Gasteiger partial charge in [-0.2, -0.15) is 4.91 Å². The maximum atomic E-state index is 12.2. The minimum atomic E-state index is -0.805. The summed E-state index contributed by atoms with van der Waals surface area (Å²) in [6, 6.07) is 14.3. The van der Waals surface area contributed by atoms with E-state index in [0.717, 1.165) is 11.1 Å². The first-order chi connectivity index (χ1) is 12.5. The van der Waals surface area contributed by atoms with Gasteiger partial charge in [0, 0.05) is 12.1 Å². The summed E-state index contributed by atoms with van der Waals surface area (Å²) in [5, 5.41) is 8.23. The lowest BCUT2D eigenvalue weighted by Gasteiger charge is -2.17. The van der Waals surface area contributed by atoms with Gasteiger partial charge in [0.15, 0.2) is 0 Å². The number of nitrogens with zero attached hydrogens (tertiary/aromatic N) is 1. The van der Waals surface area contributed by atoms with Crippen LogP contribution in [-0.2, 0) is 16.0 Å². The zero-order valence-corrected chi connectivity index (χ0v) is 14.6. The SMILES string of the molecule is COC(=O)C(Cc1ccccc1)NC(=O)Nc1ccc(C(C)N=O)cc1. The summed E-state index contributed by atoms with van der Waals surface area (Å²) in [6.45, 7) is 1.69. The Morgan fingerprint density at radius 2 is 1.73 bits per heavy atom. The van der Waals surface area contributed by atoms with Crippen molar-refractivity contribution in [1.29, 1.82) is 0 Å². The minimum absolute atomic E-state index is 0.322. The smallest absolute Gasteiger partial charge is 0.328 e. The van der Waals surface area contributed by atoms with Crippen LogP contribution in [0.3, 0.4) is 0 Å². The number of hydrogen-bond donors (Lipinski definition) is 2. The van der Waals surface area contributed by atoms with Gasteiger partial charge in [0.25, 0.3) is 0 Å². The van der Waals surface area contributed by atoms with Crippen molar-refractivity contribution in [3.63, 3.8) is 0 Å². The van der Waals surface area contributed by atoms with Crippen LogP contribution in [0.5, 0.6) is 0 Å². The normalized spacial score (nSPS) is 12.5. The maximum absolute atomic E-state index is 12.2. The number of urea groups is 1. The van der Waals surface area contributed by atoms with Gasteiger partial charge < -0.3 is 15.4 Å². The number of hydrogen-bond acceptors (Lipinski definition) is 5. The molecule has 0 aliphatic rings. The molecule has 0 heterocycles. The molecule has 2 N–H and O–H groups in total. The minimum Gasteiger partial charge on any atom is -0.467 e. The first-order valence-corrected chi connectivity index (χ1v) is 8.15. The van der Waals surface area contributed by atoms with Crippen LogP contribution in [0.2, 0.25) is 0 Å². The Bertz CT molecular complexity index is 747. The number of nitrogens with one attached hydrogen (secondary N) is 2. The molecule has 0 aliphatic carbocycles. The molecule has 0 saturated carbocycles. The van der Waals surface area contributed by atoms with Gasteiger partial charge in [-0.15, -0.1) is 0 Å². The molecular formula is C19H21N3O4. The fourth-order valence-electron chi connectivity index (χ4n) is 2.42. The van der Waals surface area contributed by atoms with Crippen LogP contribution in [0.25, 0.3) is 0 Å². The van der Waals surface area contributed by atoms with Gasteiger partial charge in [0.1, 0.15) is 12.1 Å². The number of ether oxygens (including phenoxy) is 1. The fraction of sp³-hybridized carbons (Fsp3) is 0.263. The number of methoxy groups -OCH3 is 1. The van der Waals surface area contributed by atoms with E-state index in [2.05, 4.69) is 15.8 Å². The van der Waals surface area contributed by atoms with E-state index in [4.69, 9.17) is 4.74 Å². The molecule has 2 rings (SSSR count). The molecule has 7 heteroatoms. The lowest BCUT2D eigenvalue weighted by Crippen LogP contribution is -2.45. The molecule has 0 radical (unpaired) electrons. The van der Waals surface area contributed by atoms with Crippen LogP contribution in [0.15, 0.2) is 59.8 Å². The van der Waals surface area contributed by atoms with Crippen LogP contribution in [0.4, 0.5) is 10.5 Å². The first kappa shape index (κ1) is 19.1. The average molecular weight is 355 g/mol. The average Bonchev–Trinajstić information content (AvgIpc) is 2.67. The van der Waals surface area contributed by atoms with E-state index in [-0.39, 0.29) is 0 Å². The molecule has 0 fully saturated rings. The Balaban J connectivity index is 2.00. The number of benzene rings is 2. The molecular weight excluding hydrogens is 334 g/mol. The summed E-state index contributed by atoms with van der Waals surface area (Å²) in [5.41, 5.74) is 2.19. The van der Waals surface area contributed by atoms with E-state index in [1.165, 1.54) is 7.11 Å². The van der Waals surface area contributed by atoms with Crippen LogP contribution >= 0.6 is 0 Å². The highest BCUT2D eigenvalue weighted by Crippen LogP contribution is 2.18. The van der Waals surface area contributed by atoms with Crippen LogP contribution < -0.4 is 10.6 Å². The largest absolute Gasteiger partial charge is 0.467 e. The molecule has 2 amide bonds. The second kappa shape index (κ2) is 9.31. The molecule has 2 aromatic carbocycles. The third-order valence-corrected chi connectivity index (χ3v) is 3.88. The van der Waals surface area contributed by atoms with Crippen molar-refractivity contribution >= 4 is 17.7 Å². The van der Waals surface area contributed by atoms with Crippen molar-refractivity contribution in [2.75, 3.05) is 12.4 Å². The van der Waals surface area contributed by atoms with E-state index in [1.807, 2.05) is 30.3 Å². The molecule has 0 saturated heterocycles. The summed E-state index contributed by atoms with van der Waals surface area (Å²) in [6.07, 6.45) is 0.322. The number of anilines is 1. The Morgan fingerprint density at radius 3 is 2.31 bits per heavy atom. The van der Waals surface area contributed by atoms with E-state index >= 15 is 0 Å². The zero-order chi connectivity index (χ0) is 18.9. The summed E-state index contributed by atoms with van der Waals surface area (Å²) >= 11 is 0. The highest BCUT2D eigenvalue weighted by molar-refractivity contribution is 5.92. The standard InChI is InChI=1S/C19H21N3O4/c1-13(22-25)15-8-10-16(11-9-15)20-19(24)21-17(18(23)26-2)12-14-6-4-3-5-7-14/h3-11,13,17H,12H2,1-2H3,(H2,20,21,24). The number of carbonyl (C=O) groups excluding carboxylic acids is 2. The van der Waals surface area contributed by atoms with Gasteiger partial charge >= 0.3 is 12.0 Å². The van der Waals surface area contributed by atoms with E-state index in [1.54, 1.807) is 31.2 Å². The zero-order valence-electron chi connectivity index (χ0n) is 14.6. The molecule has 2 atom stereocenters. The lowest BCUT2D eigenvalue weighted by molar-refractivity contribution is -0.142. The van der Waals surface area contributed by atoms with Gasteiger partial charge in [0.05, 0.1) is 7.11 Å². The van der Waals surface area contributed by atoms with E-state index < -0.39 is 24.1 Å². The predicted molar refractivity (Wildman–Crippen MR) is 98.8 cm³/mol. The summed E-state index contributed by atoms with van der Waals surface area (Å²) < 4.78 is 4.77. The molecule has 0 aliphatic heterocycles. The summed E-state index contributed by atoms with van der Waals surface area (Å²) in [4.78, 5) is 34.7. The molecule has 0 spiro atoms. The molecule has 0 bridgehead atoms. The van der Waals surface area contributed by atoms with E-state index in [9.17, 15) is 14.5 Å². The lowest BCUT2D eigenvalue weighted by atomic mass is 10.1. The third-order valence-electron chi connectivity index (χ3n) is 3.88. The Labute approximate surface area is 151 Å². The van der Waals surface area contributed by atoms with Gasteiger partial charge in [-0.1, -0.05) is 47.6 Å². The van der Waals surface area contributed by atoms with Crippen molar-refractivity contribution < 1.29 is 14.3 Å². The number of nitroso groups, excluding NO2 is 1. The Hall–Kier alpha value is -3.22. The van der Waals surface area contributed by atoms with Gasteiger partial charge in [0.2, 0.25) is 0 Å². The molecule has 7 nitrogen and oxygen atoms in total. The van der Waals surface area contributed by atoms with Crippen molar-refractivity contribution in [3.8, 4) is 0 Å². The van der Waals surface area contributed by atoms with Crippen molar-refractivity contribution in [3.05, 3.63) is 70.6 Å². The van der Waals surface area contributed by atoms with Crippen molar-refractivity contribution in [2.45, 2.75) is 25.4 Å². The second-order valence-electron chi connectivity index (χ2n) is 5.77. The van der Waals surface area contributed by atoms with Gasteiger partial charge in [-0.05, 0) is 30.2 Å². The number of amides is 2. The molecule has 136 valence electrons. The van der Waals surface area contributed by atoms with Crippen LogP contribution in [0.1, 0.15) is 24.1 Å². The second-order valence-corrected chi connectivity index (χ2v) is 5.77. The Morgan fingerprint density at radius 1 is 1.08 bits per heavy atom. The fourth-order valence-corrected chi connectivity index (χ4v) is 2.42. The quantitative estimate of drug-likeness (QED) is 0.587. The monoisotopic (exact) mass is 355 g/mol. The summed E-state index contributed by atoms with van der Waals surface area (Å²) in [5.74, 6) is -0.523. The highest BCUT2D eigenvalue weighted by atomic mass is 16.5. The third kappa shape index (κ3) is 5.41. The number of rotatable bonds is 7. The topological polar surface area (TPSA) is 96.9 Å². The number of esters is 1.